The average molecular weight is 290 g/mol. The molecule has 0 amide bonds. The Balaban J connectivity index is 2.06. The third kappa shape index (κ3) is 2.69. The maximum absolute atomic E-state index is 12.4. The number of hydrogen-bond donors (Lipinski definition) is 0. The minimum atomic E-state index is -0.325. The van der Waals surface area contributed by atoms with Crippen molar-refractivity contribution in [3.8, 4) is 5.88 Å². The van der Waals surface area contributed by atoms with Gasteiger partial charge in [-0.25, -0.2) is 9.48 Å². The predicted molar refractivity (Wildman–Crippen MR) is 79.3 cm³/mol. The number of rotatable bonds is 3. The van der Waals surface area contributed by atoms with Crippen molar-refractivity contribution in [1.82, 2.24) is 9.78 Å². The fraction of sp³-hybridized carbons (Fsp3) is 0.625. The molecular weight excluding hydrogens is 268 g/mol. The van der Waals surface area contributed by atoms with Gasteiger partial charge in [0, 0.05) is 13.0 Å². The standard InChI is InChI=1S/C16H22N2O3/c1-3-20-16(19)13-14(12-7-5-4-6-8-12)17-18-10-9-11(2)21-15(13)18/h7,11H,3-6,8-10H2,1-2H3/t11-/m1/s1. The zero-order chi connectivity index (χ0) is 14.8. The van der Waals surface area contributed by atoms with E-state index in [2.05, 4.69) is 11.2 Å². The molecule has 0 N–H and O–H groups in total. The highest BCUT2D eigenvalue weighted by molar-refractivity contribution is 5.97. The number of aryl methyl sites for hydroxylation is 1. The lowest BCUT2D eigenvalue weighted by molar-refractivity contribution is 0.0514. The summed E-state index contributed by atoms with van der Waals surface area (Å²) in [4.78, 5) is 12.4. The van der Waals surface area contributed by atoms with Gasteiger partial charge in [0.2, 0.25) is 5.88 Å². The van der Waals surface area contributed by atoms with Gasteiger partial charge in [0.05, 0.1) is 12.7 Å². The first-order valence-electron chi connectivity index (χ1n) is 7.84. The molecule has 0 saturated heterocycles. The van der Waals surface area contributed by atoms with Crippen LogP contribution in [-0.4, -0.2) is 28.5 Å². The van der Waals surface area contributed by atoms with E-state index in [0.29, 0.717) is 18.1 Å². The summed E-state index contributed by atoms with van der Waals surface area (Å²) < 4.78 is 12.9. The van der Waals surface area contributed by atoms with E-state index in [1.54, 1.807) is 0 Å². The van der Waals surface area contributed by atoms with Crippen molar-refractivity contribution in [1.29, 1.82) is 0 Å². The Kier molecular flexibility index (Phi) is 3.99. The maximum Gasteiger partial charge on any atom is 0.345 e. The molecule has 0 fully saturated rings. The number of nitrogens with zero attached hydrogens (tertiary/aromatic N) is 2. The molecule has 0 unspecified atom stereocenters. The second-order valence-corrected chi connectivity index (χ2v) is 5.66. The summed E-state index contributed by atoms with van der Waals surface area (Å²) >= 11 is 0. The van der Waals surface area contributed by atoms with Crippen molar-refractivity contribution in [2.24, 2.45) is 0 Å². The summed E-state index contributed by atoms with van der Waals surface area (Å²) in [6.45, 7) is 4.98. The molecule has 5 heteroatoms. The second kappa shape index (κ2) is 5.92. The number of aromatic nitrogens is 2. The number of esters is 1. The molecule has 5 nitrogen and oxygen atoms in total. The maximum atomic E-state index is 12.4. The minimum Gasteiger partial charge on any atom is -0.474 e. The minimum absolute atomic E-state index is 0.107. The van der Waals surface area contributed by atoms with Crippen molar-refractivity contribution in [3.63, 3.8) is 0 Å². The molecule has 2 heterocycles. The van der Waals surface area contributed by atoms with Crippen molar-refractivity contribution in [2.75, 3.05) is 6.61 Å². The average Bonchev–Trinajstić information content (AvgIpc) is 2.87. The van der Waals surface area contributed by atoms with Crippen LogP contribution in [0.4, 0.5) is 0 Å². The number of allylic oxidation sites excluding steroid dienone is 2. The molecule has 0 aromatic carbocycles. The smallest absolute Gasteiger partial charge is 0.345 e. The van der Waals surface area contributed by atoms with Gasteiger partial charge in [-0.3, -0.25) is 0 Å². The zero-order valence-corrected chi connectivity index (χ0v) is 12.7. The predicted octanol–water partition coefficient (Wildman–Crippen LogP) is 3.19. The van der Waals surface area contributed by atoms with Crippen molar-refractivity contribution < 1.29 is 14.3 Å². The van der Waals surface area contributed by atoms with Gasteiger partial charge >= 0.3 is 5.97 Å². The Morgan fingerprint density at radius 3 is 3.10 bits per heavy atom. The van der Waals surface area contributed by atoms with E-state index in [1.165, 1.54) is 6.42 Å². The fourth-order valence-electron chi connectivity index (χ4n) is 2.94. The lowest BCUT2D eigenvalue weighted by atomic mass is 9.95. The molecule has 2 aliphatic rings. The summed E-state index contributed by atoms with van der Waals surface area (Å²) in [6.07, 6.45) is 7.59. The first kappa shape index (κ1) is 14.2. The molecular formula is C16H22N2O3. The highest BCUT2D eigenvalue weighted by atomic mass is 16.5. The summed E-state index contributed by atoms with van der Waals surface area (Å²) in [5.41, 5.74) is 2.43. The molecule has 0 radical (unpaired) electrons. The highest BCUT2D eigenvalue weighted by Gasteiger charge is 2.31. The van der Waals surface area contributed by atoms with Crippen molar-refractivity contribution >= 4 is 11.5 Å². The topological polar surface area (TPSA) is 53.3 Å². The molecule has 1 aliphatic carbocycles. The lowest BCUT2D eigenvalue weighted by Gasteiger charge is -2.21. The Labute approximate surface area is 124 Å². The monoisotopic (exact) mass is 290 g/mol. The van der Waals surface area contributed by atoms with Gasteiger partial charge in [-0.1, -0.05) is 6.08 Å². The SMILES string of the molecule is CCOC(=O)c1c(C2=CCCCC2)nn2c1O[C@H](C)CC2. The van der Waals surface area contributed by atoms with Crippen LogP contribution < -0.4 is 4.74 Å². The van der Waals surface area contributed by atoms with Crippen LogP contribution in [0.3, 0.4) is 0 Å². The van der Waals surface area contributed by atoms with Crippen LogP contribution in [0.1, 0.15) is 62.0 Å². The Hall–Kier alpha value is -1.78. The normalized spacial score (nSPS) is 21.2. The number of fused-ring (bicyclic) bond motifs is 1. The van der Waals surface area contributed by atoms with Crippen LogP contribution in [0, 0.1) is 0 Å². The van der Waals surface area contributed by atoms with Gasteiger partial charge in [0.1, 0.15) is 11.3 Å². The van der Waals surface area contributed by atoms with Crippen LogP contribution in [0.5, 0.6) is 5.88 Å². The Morgan fingerprint density at radius 1 is 1.52 bits per heavy atom. The van der Waals surface area contributed by atoms with Gasteiger partial charge in [-0.15, -0.1) is 0 Å². The van der Waals surface area contributed by atoms with Crippen molar-refractivity contribution in [3.05, 3.63) is 17.3 Å². The second-order valence-electron chi connectivity index (χ2n) is 5.66. The van der Waals surface area contributed by atoms with Gasteiger partial charge in [-0.05, 0) is 45.1 Å². The van der Waals surface area contributed by atoms with Gasteiger partial charge in [0.25, 0.3) is 0 Å². The summed E-state index contributed by atoms with van der Waals surface area (Å²) in [6, 6.07) is 0. The third-order valence-electron chi connectivity index (χ3n) is 4.04. The number of carbonyl (C=O) groups is 1. The number of hydrogen-bond acceptors (Lipinski definition) is 4. The zero-order valence-electron chi connectivity index (χ0n) is 12.7. The van der Waals surface area contributed by atoms with E-state index in [1.807, 2.05) is 18.5 Å². The molecule has 1 aromatic heterocycles. The van der Waals surface area contributed by atoms with Gasteiger partial charge < -0.3 is 9.47 Å². The van der Waals surface area contributed by atoms with Crippen LogP contribution in [-0.2, 0) is 11.3 Å². The highest BCUT2D eigenvalue weighted by Crippen LogP contribution is 2.35. The molecule has 0 saturated carbocycles. The molecule has 21 heavy (non-hydrogen) atoms. The third-order valence-corrected chi connectivity index (χ3v) is 4.04. The van der Waals surface area contributed by atoms with E-state index < -0.39 is 0 Å². The van der Waals surface area contributed by atoms with Crippen LogP contribution in [0.2, 0.25) is 0 Å². The summed E-state index contributed by atoms with van der Waals surface area (Å²) in [7, 11) is 0. The van der Waals surface area contributed by atoms with E-state index in [-0.39, 0.29) is 12.1 Å². The van der Waals surface area contributed by atoms with Crippen LogP contribution >= 0.6 is 0 Å². The van der Waals surface area contributed by atoms with Crippen molar-refractivity contribution in [2.45, 2.75) is 58.6 Å². The van der Waals surface area contributed by atoms with E-state index in [0.717, 1.165) is 43.5 Å². The van der Waals surface area contributed by atoms with Crippen LogP contribution in [0.15, 0.2) is 6.08 Å². The molecule has 3 rings (SSSR count). The molecule has 0 bridgehead atoms. The molecule has 114 valence electrons. The fourth-order valence-corrected chi connectivity index (χ4v) is 2.94. The Morgan fingerprint density at radius 2 is 2.38 bits per heavy atom. The van der Waals surface area contributed by atoms with E-state index in [9.17, 15) is 4.79 Å². The quantitative estimate of drug-likeness (QED) is 0.802. The summed E-state index contributed by atoms with van der Waals surface area (Å²) in [5.74, 6) is 0.253. The van der Waals surface area contributed by atoms with Gasteiger partial charge in [-0.2, -0.15) is 5.10 Å². The molecule has 1 aliphatic heterocycles. The lowest BCUT2D eigenvalue weighted by Crippen LogP contribution is -2.24. The number of ether oxygens (including phenoxy) is 2. The van der Waals surface area contributed by atoms with E-state index in [4.69, 9.17) is 9.47 Å². The molecule has 1 atom stereocenters. The molecule has 0 spiro atoms. The van der Waals surface area contributed by atoms with E-state index >= 15 is 0 Å². The first-order valence-corrected chi connectivity index (χ1v) is 7.84. The first-order chi connectivity index (χ1) is 10.2. The van der Waals surface area contributed by atoms with Crippen LogP contribution in [0.25, 0.3) is 5.57 Å². The van der Waals surface area contributed by atoms with Gasteiger partial charge in [0.15, 0.2) is 0 Å². The Bertz CT molecular complexity index is 574. The largest absolute Gasteiger partial charge is 0.474 e. The molecule has 1 aromatic rings. The summed E-state index contributed by atoms with van der Waals surface area (Å²) in [5, 5.41) is 4.63. The number of carbonyl (C=O) groups excluding carboxylic acids is 1.